The minimum atomic E-state index is -4.39. The highest BCUT2D eigenvalue weighted by molar-refractivity contribution is 14.0. The Morgan fingerprint density at radius 1 is 1.21 bits per heavy atom. The second kappa shape index (κ2) is 11.7. The number of hydrogen-bond donors (Lipinski definition) is 3. The van der Waals surface area contributed by atoms with Gasteiger partial charge in [-0.1, -0.05) is 6.07 Å². The summed E-state index contributed by atoms with van der Waals surface area (Å²) in [6, 6.07) is 9.87. The van der Waals surface area contributed by atoms with E-state index >= 15 is 0 Å². The molecule has 0 aliphatic carbocycles. The van der Waals surface area contributed by atoms with Gasteiger partial charge in [-0.3, -0.25) is 9.98 Å². The van der Waals surface area contributed by atoms with E-state index in [0.717, 1.165) is 17.8 Å². The Morgan fingerprint density at radius 2 is 1.93 bits per heavy atom. The second-order valence-corrected chi connectivity index (χ2v) is 5.71. The summed E-state index contributed by atoms with van der Waals surface area (Å²) >= 11 is 0. The number of pyridine rings is 1. The van der Waals surface area contributed by atoms with Gasteiger partial charge in [-0.25, -0.2) is 0 Å². The molecular formula is C18H22F3IN4O2. The van der Waals surface area contributed by atoms with E-state index in [4.69, 9.17) is 10.5 Å². The SMILES string of the molecule is I.NC(=NCC(O)COc1ccc(C(F)(F)F)cc1)NCCc1ccccn1. The monoisotopic (exact) mass is 510 g/mol. The molecule has 0 saturated heterocycles. The fourth-order valence-corrected chi connectivity index (χ4v) is 2.11. The van der Waals surface area contributed by atoms with Crippen LogP contribution in [-0.4, -0.2) is 41.9 Å². The van der Waals surface area contributed by atoms with Gasteiger partial charge in [-0.2, -0.15) is 13.2 Å². The first-order valence-corrected chi connectivity index (χ1v) is 8.26. The van der Waals surface area contributed by atoms with Gasteiger partial charge in [0.15, 0.2) is 5.96 Å². The minimum absolute atomic E-state index is 0. The molecule has 0 aliphatic rings. The zero-order chi connectivity index (χ0) is 19.7. The van der Waals surface area contributed by atoms with Gasteiger partial charge in [0.25, 0.3) is 0 Å². The summed E-state index contributed by atoms with van der Waals surface area (Å²) in [5.41, 5.74) is 5.87. The van der Waals surface area contributed by atoms with Crippen LogP contribution in [0.4, 0.5) is 13.2 Å². The van der Waals surface area contributed by atoms with Crippen molar-refractivity contribution in [3.63, 3.8) is 0 Å². The maximum atomic E-state index is 12.5. The highest BCUT2D eigenvalue weighted by atomic mass is 127. The molecule has 0 spiro atoms. The number of nitrogens with one attached hydrogen (secondary N) is 1. The van der Waals surface area contributed by atoms with Crippen molar-refractivity contribution in [3.8, 4) is 5.75 Å². The van der Waals surface area contributed by atoms with Gasteiger partial charge in [0.05, 0.1) is 12.1 Å². The molecule has 6 nitrogen and oxygen atoms in total. The van der Waals surface area contributed by atoms with E-state index in [0.29, 0.717) is 13.0 Å². The summed E-state index contributed by atoms with van der Waals surface area (Å²) in [6.07, 6.45) is -2.95. The average Bonchev–Trinajstić information content (AvgIpc) is 2.65. The van der Waals surface area contributed by atoms with Crippen molar-refractivity contribution in [1.82, 2.24) is 10.3 Å². The number of aromatic nitrogens is 1. The highest BCUT2D eigenvalue weighted by Gasteiger charge is 2.30. The van der Waals surface area contributed by atoms with Gasteiger partial charge in [0.2, 0.25) is 0 Å². The molecule has 1 aromatic heterocycles. The molecule has 0 bridgehead atoms. The third kappa shape index (κ3) is 8.74. The average molecular weight is 510 g/mol. The number of nitrogens with two attached hydrogens (primary N) is 1. The number of guanidine groups is 1. The van der Waals surface area contributed by atoms with Crippen molar-refractivity contribution in [2.45, 2.75) is 18.7 Å². The molecular weight excluding hydrogens is 488 g/mol. The van der Waals surface area contributed by atoms with Gasteiger partial charge in [-0.05, 0) is 36.4 Å². The molecule has 0 radical (unpaired) electrons. The maximum Gasteiger partial charge on any atom is 0.416 e. The molecule has 154 valence electrons. The van der Waals surface area contributed by atoms with Gasteiger partial charge >= 0.3 is 6.18 Å². The largest absolute Gasteiger partial charge is 0.491 e. The number of nitrogens with zero attached hydrogens (tertiary/aromatic N) is 2. The molecule has 2 rings (SSSR count). The lowest BCUT2D eigenvalue weighted by atomic mass is 10.2. The van der Waals surface area contributed by atoms with Crippen LogP contribution in [0.3, 0.4) is 0 Å². The molecule has 1 aromatic carbocycles. The molecule has 4 N–H and O–H groups in total. The number of aliphatic hydroxyl groups excluding tert-OH is 1. The fourth-order valence-electron chi connectivity index (χ4n) is 2.11. The molecule has 28 heavy (non-hydrogen) atoms. The second-order valence-electron chi connectivity index (χ2n) is 5.71. The summed E-state index contributed by atoms with van der Waals surface area (Å²) < 4.78 is 42.7. The van der Waals surface area contributed by atoms with E-state index in [1.165, 1.54) is 12.1 Å². The lowest BCUT2D eigenvalue weighted by Crippen LogP contribution is -2.34. The molecule has 10 heteroatoms. The minimum Gasteiger partial charge on any atom is -0.491 e. The standard InChI is InChI=1S/C18H21F3N4O2.HI/c19-18(20,21)13-4-6-16(7-5-13)27-12-15(26)11-25-17(22)24-10-8-14-3-1-2-9-23-14;/h1-7,9,15,26H,8,10-12H2,(H3,22,24,25);1H. The van der Waals surface area contributed by atoms with Crippen LogP contribution in [-0.2, 0) is 12.6 Å². The van der Waals surface area contributed by atoms with Crippen molar-refractivity contribution < 1.29 is 23.0 Å². The smallest absolute Gasteiger partial charge is 0.416 e. The predicted octanol–water partition coefficient (Wildman–Crippen LogP) is 2.61. The lowest BCUT2D eigenvalue weighted by molar-refractivity contribution is -0.137. The third-order valence-corrected chi connectivity index (χ3v) is 3.51. The van der Waals surface area contributed by atoms with Gasteiger partial charge in [0, 0.05) is 24.9 Å². The highest BCUT2D eigenvalue weighted by Crippen LogP contribution is 2.30. The number of aliphatic imine (C=N–C) groups is 1. The zero-order valence-corrected chi connectivity index (χ0v) is 17.2. The lowest BCUT2D eigenvalue weighted by Gasteiger charge is -2.12. The maximum absolute atomic E-state index is 12.5. The fraction of sp³-hybridized carbons (Fsp3) is 0.333. The molecule has 1 atom stereocenters. The summed E-state index contributed by atoms with van der Waals surface area (Å²) in [5, 5.41) is 12.8. The molecule has 2 aromatic rings. The predicted molar refractivity (Wildman–Crippen MR) is 111 cm³/mol. The van der Waals surface area contributed by atoms with E-state index in [9.17, 15) is 18.3 Å². The zero-order valence-electron chi connectivity index (χ0n) is 14.9. The Bertz CT molecular complexity index is 728. The van der Waals surface area contributed by atoms with Gasteiger partial charge in [-0.15, -0.1) is 24.0 Å². The Morgan fingerprint density at radius 3 is 2.54 bits per heavy atom. The number of halogens is 4. The quantitative estimate of drug-likeness (QED) is 0.289. The number of ether oxygens (including phenoxy) is 1. The first-order chi connectivity index (χ1) is 12.8. The number of hydrogen-bond acceptors (Lipinski definition) is 4. The van der Waals surface area contributed by atoms with Crippen molar-refractivity contribution in [3.05, 3.63) is 59.9 Å². The number of benzene rings is 1. The number of aliphatic hydroxyl groups is 1. The summed E-state index contributed by atoms with van der Waals surface area (Å²) in [4.78, 5) is 8.18. The number of rotatable bonds is 8. The van der Waals surface area contributed by atoms with Crippen LogP contribution in [0.2, 0.25) is 0 Å². The molecule has 0 saturated carbocycles. The summed E-state index contributed by atoms with van der Waals surface area (Å²) in [7, 11) is 0. The van der Waals surface area contributed by atoms with Crippen LogP contribution in [0.15, 0.2) is 53.7 Å². The van der Waals surface area contributed by atoms with Gasteiger partial charge < -0.3 is 20.9 Å². The van der Waals surface area contributed by atoms with Crippen LogP contribution in [0.25, 0.3) is 0 Å². The molecule has 1 unspecified atom stereocenters. The van der Waals surface area contributed by atoms with Crippen molar-refractivity contribution in [2.24, 2.45) is 10.7 Å². The van der Waals surface area contributed by atoms with Crippen molar-refractivity contribution in [1.29, 1.82) is 0 Å². The van der Waals surface area contributed by atoms with E-state index in [1.807, 2.05) is 18.2 Å². The molecule has 1 heterocycles. The molecule has 0 amide bonds. The first-order valence-electron chi connectivity index (χ1n) is 8.26. The Kier molecular flexibility index (Phi) is 10.0. The molecule has 0 aliphatic heterocycles. The van der Waals surface area contributed by atoms with Crippen molar-refractivity contribution >= 4 is 29.9 Å². The summed E-state index contributed by atoms with van der Waals surface area (Å²) in [5.74, 6) is 0.409. The first kappa shape index (κ1) is 24.0. The van der Waals surface area contributed by atoms with Crippen LogP contribution in [0.5, 0.6) is 5.75 Å². The van der Waals surface area contributed by atoms with E-state index in [1.54, 1.807) is 6.20 Å². The summed E-state index contributed by atoms with van der Waals surface area (Å²) in [6.45, 7) is 0.434. The third-order valence-electron chi connectivity index (χ3n) is 3.51. The van der Waals surface area contributed by atoms with Gasteiger partial charge in [0.1, 0.15) is 18.5 Å². The van der Waals surface area contributed by atoms with E-state index < -0.39 is 17.8 Å². The normalized spacial score (nSPS) is 12.8. The van der Waals surface area contributed by atoms with Crippen LogP contribution >= 0.6 is 24.0 Å². The van der Waals surface area contributed by atoms with Crippen LogP contribution in [0.1, 0.15) is 11.3 Å². The Labute approximate surface area is 178 Å². The van der Waals surface area contributed by atoms with Crippen molar-refractivity contribution in [2.75, 3.05) is 19.7 Å². The molecule has 0 fully saturated rings. The van der Waals surface area contributed by atoms with Crippen LogP contribution in [0, 0.1) is 0 Å². The van der Waals surface area contributed by atoms with E-state index in [-0.39, 0.29) is 48.8 Å². The Hall–Kier alpha value is -2.08. The van der Waals surface area contributed by atoms with Crippen LogP contribution < -0.4 is 15.8 Å². The topological polar surface area (TPSA) is 92.8 Å². The van der Waals surface area contributed by atoms with E-state index in [2.05, 4.69) is 15.3 Å². The Balaban J connectivity index is 0.00000392. The number of alkyl halides is 3.